The molecule has 0 saturated carbocycles. The Morgan fingerprint density at radius 1 is 1.42 bits per heavy atom. The number of hydrogen-bond acceptors (Lipinski definition) is 3. The number of aromatic nitrogens is 2. The fourth-order valence-corrected chi connectivity index (χ4v) is 2.07. The van der Waals surface area contributed by atoms with E-state index in [-0.39, 0.29) is 11.6 Å². The number of hydrogen-bond donors (Lipinski definition) is 1. The standard InChI is InChI=1S/C13H9FN2O3/c1-16-10-4-2-3-8(14)7(10)5-11(16)9-6-12(13(17)18)19-15-9/h2-6H,1H3,(H,17,18). The molecular weight excluding hydrogens is 251 g/mol. The largest absolute Gasteiger partial charge is 0.475 e. The molecule has 0 radical (unpaired) electrons. The van der Waals surface area contributed by atoms with E-state index in [1.165, 1.54) is 12.1 Å². The highest BCUT2D eigenvalue weighted by Crippen LogP contribution is 2.28. The van der Waals surface area contributed by atoms with Gasteiger partial charge in [-0.2, -0.15) is 0 Å². The van der Waals surface area contributed by atoms with Gasteiger partial charge in [0.25, 0.3) is 0 Å². The van der Waals surface area contributed by atoms with E-state index in [1.54, 1.807) is 29.8 Å². The molecule has 1 N–H and O–H groups in total. The normalized spacial score (nSPS) is 11.1. The molecule has 0 aliphatic heterocycles. The summed E-state index contributed by atoms with van der Waals surface area (Å²) in [6.07, 6.45) is 0. The highest BCUT2D eigenvalue weighted by atomic mass is 19.1. The highest BCUT2D eigenvalue weighted by Gasteiger charge is 2.16. The van der Waals surface area contributed by atoms with Gasteiger partial charge in [-0.25, -0.2) is 9.18 Å². The molecule has 0 aliphatic rings. The zero-order valence-corrected chi connectivity index (χ0v) is 9.92. The minimum absolute atomic E-state index is 0.249. The predicted molar refractivity (Wildman–Crippen MR) is 65.3 cm³/mol. The van der Waals surface area contributed by atoms with Gasteiger partial charge in [0.15, 0.2) is 0 Å². The number of rotatable bonds is 2. The summed E-state index contributed by atoms with van der Waals surface area (Å²) in [4.78, 5) is 10.8. The highest BCUT2D eigenvalue weighted by molar-refractivity contribution is 5.89. The fourth-order valence-electron chi connectivity index (χ4n) is 2.07. The summed E-state index contributed by atoms with van der Waals surface area (Å²) in [5.74, 6) is -1.77. The molecule has 0 fully saturated rings. The first-order valence-electron chi connectivity index (χ1n) is 5.52. The Bertz CT molecular complexity index is 788. The average molecular weight is 260 g/mol. The number of fused-ring (bicyclic) bond motifs is 1. The molecule has 2 heterocycles. The molecule has 0 unspecified atom stereocenters. The summed E-state index contributed by atoms with van der Waals surface area (Å²) >= 11 is 0. The van der Waals surface area contributed by atoms with Crippen LogP contribution in [0.15, 0.2) is 34.9 Å². The van der Waals surface area contributed by atoms with Crippen molar-refractivity contribution in [2.75, 3.05) is 0 Å². The number of aromatic carboxylic acids is 1. The van der Waals surface area contributed by atoms with Gasteiger partial charge in [0.1, 0.15) is 11.5 Å². The van der Waals surface area contributed by atoms with Crippen molar-refractivity contribution in [1.29, 1.82) is 0 Å². The van der Waals surface area contributed by atoms with Crippen LogP contribution in [0.5, 0.6) is 0 Å². The number of aryl methyl sites for hydroxylation is 1. The van der Waals surface area contributed by atoms with E-state index in [0.717, 1.165) is 0 Å². The Hall–Kier alpha value is -2.63. The Labute approximate surface area is 106 Å². The summed E-state index contributed by atoms with van der Waals surface area (Å²) in [6.45, 7) is 0. The molecule has 0 saturated heterocycles. The molecule has 3 rings (SSSR count). The van der Waals surface area contributed by atoms with Crippen molar-refractivity contribution in [3.63, 3.8) is 0 Å². The summed E-state index contributed by atoms with van der Waals surface area (Å²) in [5, 5.41) is 13.0. The van der Waals surface area contributed by atoms with Gasteiger partial charge in [0.2, 0.25) is 5.76 Å². The lowest BCUT2D eigenvalue weighted by molar-refractivity contribution is 0.0652. The third kappa shape index (κ3) is 1.69. The van der Waals surface area contributed by atoms with Crippen LogP contribution in [0.1, 0.15) is 10.6 Å². The van der Waals surface area contributed by atoms with E-state index in [4.69, 9.17) is 9.63 Å². The summed E-state index contributed by atoms with van der Waals surface area (Å²) < 4.78 is 20.1. The first-order chi connectivity index (χ1) is 9.08. The van der Waals surface area contributed by atoms with Gasteiger partial charge in [-0.1, -0.05) is 11.2 Å². The van der Waals surface area contributed by atoms with Crippen molar-refractivity contribution in [2.45, 2.75) is 0 Å². The van der Waals surface area contributed by atoms with Gasteiger partial charge in [-0.15, -0.1) is 0 Å². The summed E-state index contributed by atoms with van der Waals surface area (Å²) in [7, 11) is 1.76. The predicted octanol–water partition coefficient (Wildman–Crippen LogP) is 2.67. The minimum Gasteiger partial charge on any atom is -0.475 e. The number of benzene rings is 1. The molecule has 0 spiro atoms. The second kappa shape index (κ2) is 3.94. The molecule has 96 valence electrons. The first-order valence-corrected chi connectivity index (χ1v) is 5.52. The fraction of sp³-hybridized carbons (Fsp3) is 0.0769. The molecule has 19 heavy (non-hydrogen) atoms. The van der Waals surface area contributed by atoms with Gasteiger partial charge in [0.05, 0.1) is 11.2 Å². The van der Waals surface area contributed by atoms with Crippen LogP contribution in [0.25, 0.3) is 22.3 Å². The van der Waals surface area contributed by atoms with Crippen LogP contribution in [0.2, 0.25) is 0 Å². The van der Waals surface area contributed by atoms with Crippen molar-refractivity contribution >= 4 is 16.9 Å². The second-order valence-electron chi connectivity index (χ2n) is 4.14. The third-order valence-electron chi connectivity index (χ3n) is 3.02. The first kappa shape index (κ1) is 11.5. The maximum Gasteiger partial charge on any atom is 0.374 e. The van der Waals surface area contributed by atoms with Gasteiger partial charge in [0, 0.05) is 18.5 Å². The Morgan fingerprint density at radius 3 is 2.84 bits per heavy atom. The number of carboxylic acid groups (broad SMARTS) is 1. The molecule has 0 bridgehead atoms. The van der Waals surface area contributed by atoms with Crippen LogP contribution < -0.4 is 0 Å². The molecule has 3 aromatic rings. The quantitative estimate of drug-likeness (QED) is 0.769. The van der Waals surface area contributed by atoms with E-state index >= 15 is 0 Å². The lowest BCUT2D eigenvalue weighted by atomic mass is 10.2. The molecule has 0 atom stereocenters. The maximum absolute atomic E-state index is 13.7. The van der Waals surface area contributed by atoms with Gasteiger partial charge < -0.3 is 14.2 Å². The third-order valence-corrected chi connectivity index (χ3v) is 3.02. The van der Waals surface area contributed by atoms with E-state index < -0.39 is 5.97 Å². The van der Waals surface area contributed by atoms with Crippen molar-refractivity contribution in [1.82, 2.24) is 9.72 Å². The molecule has 1 aromatic carbocycles. The molecular formula is C13H9FN2O3. The van der Waals surface area contributed by atoms with Crippen LogP contribution in [0.4, 0.5) is 4.39 Å². The van der Waals surface area contributed by atoms with E-state index in [2.05, 4.69) is 5.16 Å². The van der Waals surface area contributed by atoms with Gasteiger partial charge in [-0.05, 0) is 18.2 Å². The zero-order valence-electron chi connectivity index (χ0n) is 9.92. The monoisotopic (exact) mass is 260 g/mol. The summed E-state index contributed by atoms with van der Waals surface area (Å²) in [5.41, 5.74) is 1.65. The van der Waals surface area contributed by atoms with Crippen LogP contribution in [-0.2, 0) is 7.05 Å². The SMILES string of the molecule is Cn1c(-c2cc(C(=O)O)on2)cc2c(F)cccc21. The maximum atomic E-state index is 13.7. The smallest absolute Gasteiger partial charge is 0.374 e. The number of carboxylic acids is 1. The Kier molecular flexibility index (Phi) is 2.38. The van der Waals surface area contributed by atoms with Crippen LogP contribution in [0, 0.1) is 5.82 Å². The van der Waals surface area contributed by atoms with Gasteiger partial charge in [-0.3, -0.25) is 0 Å². The van der Waals surface area contributed by atoms with E-state index in [0.29, 0.717) is 22.3 Å². The van der Waals surface area contributed by atoms with Gasteiger partial charge >= 0.3 is 5.97 Å². The summed E-state index contributed by atoms with van der Waals surface area (Å²) in [6, 6.07) is 7.70. The zero-order chi connectivity index (χ0) is 13.6. The van der Waals surface area contributed by atoms with Crippen LogP contribution in [0.3, 0.4) is 0 Å². The van der Waals surface area contributed by atoms with Crippen LogP contribution >= 0.6 is 0 Å². The second-order valence-corrected chi connectivity index (χ2v) is 4.14. The van der Waals surface area contributed by atoms with Crippen molar-refractivity contribution in [3.8, 4) is 11.4 Å². The van der Waals surface area contributed by atoms with Crippen molar-refractivity contribution in [3.05, 3.63) is 41.9 Å². The lowest BCUT2D eigenvalue weighted by Gasteiger charge is -1.99. The average Bonchev–Trinajstić information content (AvgIpc) is 2.96. The van der Waals surface area contributed by atoms with Crippen molar-refractivity contribution < 1.29 is 18.8 Å². The molecule has 0 amide bonds. The Morgan fingerprint density at radius 2 is 2.21 bits per heavy atom. The Balaban J connectivity index is 2.22. The minimum atomic E-state index is -1.19. The molecule has 2 aromatic heterocycles. The van der Waals surface area contributed by atoms with E-state index in [9.17, 15) is 9.18 Å². The molecule has 6 heteroatoms. The topological polar surface area (TPSA) is 68.3 Å². The van der Waals surface area contributed by atoms with Crippen LogP contribution in [-0.4, -0.2) is 20.8 Å². The molecule has 5 nitrogen and oxygen atoms in total. The molecule has 0 aliphatic carbocycles. The van der Waals surface area contributed by atoms with Crippen molar-refractivity contribution in [2.24, 2.45) is 7.05 Å². The van der Waals surface area contributed by atoms with E-state index in [1.807, 2.05) is 0 Å². The number of nitrogens with zero attached hydrogens (tertiary/aromatic N) is 2. The number of halogens is 1. The lowest BCUT2D eigenvalue weighted by Crippen LogP contribution is -1.92. The number of carbonyl (C=O) groups is 1.